The van der Waals surface area contributed by atoms with Crippen LogP contribution >= 0.6 is 0 Å². The molecule has 20 heavy (non-hydrogen) atoms. The predicted octanol–water partition coefficient (Wildman–Crippen LogP) is 3.07. The molecule has 0 amide bonds. The van der Waals surface area contributed by atoms with Gasteiger partial charge in [0.25, 0.3) is 0 Å². The van der Waals surface area contributed by atoms with Crippen LogP contribution in [0.5, 0.6) is 0 Å². The summed E-state index contributed by atoms with van der Waals surface area (Å²) >= 11 is 0. The molecule has 0 saturated heterocycles. The van der Waals surface area contributed by atoms with Crippen LogP contribution in [-0.2, 0) is 0 Å². The highest BCUT2D eigenvalue weighted by molar-refractivity contribution is 5.78. The molecule has 2 aromatic carbocycles. The number of aromatic amines is 2. The Labute approximate surface area is 116 Å². The van der Waals surface area contributed by atoms with Crippen molar-refractivity contribution in [3.8, 4) is 0 Å². The largest absolute Gasteiger partial charge is 0.384 e. The summed E-state index contributed by atoms with van der Waals surface area (Å²) in [5.41, 5.74) is 3.81. The van der Waals surface area contributed by atoms with Crippen molar-refractivity contribution in [2.75, 3.05) is 11.9 Å². The molecule has 102 valence electrons. The first kappa shape index (κ1) is 12.5. The van der Waals surface area contributed by atoms with E-state index < -0.39 is 0 Å². The highest BCUT2D eigenvalue weighted by Gasteiger charge is 2.05. The summed E-state index contributed by atoms with van der Waals surface area (Å²) in [6, 6.07) is 16.3. The number of rotatable bonds is 4. The molecule has 4 heteroatoms. The van der Waals surface area contributed by atoms with Gasteiger partial charge >= 0.3 is 5.69 Å². The van der Waals surface area contributed by atoms with Crippen LogP contribution in [0.3, 0.4) is 0 Å². The van der Waals surface area contributed by atoms with Gasteiger partial charge in [-0.1, -0.05) is 37.3 Å². The Kier molecular flexibility index (Phi) is 3.29. The van der Waals surface area contributed by atoms with Crippen LogP contribution in [0, 0.1) is 0 Å². The average Bonchev–Trinajstić information content (AvgIpc) is 2.85. The smallest absolute Gasteiger partial charge is 0.323 e. The molecule has 0 aliphatic carbocycles. The number of hydrogen-bond acceptors (Lipinski definition) is 2. The molecule has 0 bridgehead atoms. The normalized spacial score (nSPS) is 12.4. The van der Waals surface area contributed by atoms with Gasteiger partial charge in [-0.25, -0.2) is 4.79 Å². The van der Waals surface area contributed by atoms with Gasteiger partial charge in [0.2, 0.25) is 0 Å². The van der Waals surface area contributed by atoms with Crippen molar-refractivity contribution in [3.63, 3.8) is 0 Å². The summed E-state index contributed by atoms with van der Waals surface area (Å²) < 4.78 is 0. The summed E-state index contributed by atoms with van der Waals surface area (Å²) in [6.45, 7) is 3.04. The van der Waals surface area contributed by atoms with Crippen LogP contribution in [0.1, 0.15) is 18.4 Å². The first-order chi connectivity index (χ1) is 9.72. The molecule has 4 nitrogen and oxygen atoms in total. The van der Waals surface area contributed by atoms with Crippen molar-refractivity contribution in [1.29, 1.82) is 0 Å². The van der Waals surface area contributed by atoms with Gasteiger partial charge in [0.05, 0.1) is 11.0 Å². The molecule has 0 spiro atoms. The molecular weight excluding hydrogens is 250 g/mol. The summed E-state index contributed by atoms with van der Waals surface area (Å²) in [7, 11) is 0. The van der Waals surface area contributed by atoms with Crippen molar-refractivity contribution in [3.05, 3.63) is 64.6 Å². The lowest BCUT2D eigenvalue weighted by Gasteiger charge is -2.14. The second kappa shape index (κ2) is 5.25. The molecule has 1 atom stereocenters. The van der Waals surface area contributed by atoms with Gasteiger partial charge in [-0.05, 0) is 29.7 Å². The number of benzene rings is 2. The molecule has 0 aliphatic rings. The average molecular weight is 267 g/mol. The number of hydrogen-bond donors (Lipinski definition) is 3. The third-order valence-corrected chi connectivity index (χ3v) is 3.50. The fourth-order valence-corrected chi connectivity index (χ4v) is 2.31. The lowest BCUT2D eigenvalue weighted by molar-refractivity contribution is 0.805. The number of anilines is 1. The summed E-state index contributed by atoms with van der Waals surface area (Å²) in [4.78, 5) is 16.7. The van der Waals surface area contributed by atoms with Crippen LogP contribution in [0.2, 0.25) is 0 Å². The van der Waals surface area contributed by atoms with Crippen molar-refractivity contribution in [2.45, 2.75) is 12.8 Å². The number of H-pyrrole nitrogens is 2. The van der Waals surface area contributed by atoms with Gasteiger partial charge in [-0.15, -0.1) is 0 Å². The number of imidazole rings is 1. The molecule has 0 radical (unpaired) electrons. The van der Waals surface area contributed by atoms with E-state index in [9.17, 15) is 4.79 Å². The third-order valence-electron chi connectivity index (χ3n) is 3.50. The van der Waals surface area contributed by atoms with E-state index in [-0.39, 0.29) is 5.69 Å². The standard InChI is InChI=1S/C16H17N3O/c1-11(12-5-3-2-4-6-12)10-17-13-7-8-14-15(9-13)19-16(20)18-14/h2-9,11,17H,10H2,1H3,(H2,18,19,20). The number of aromatic nitrogens is 2. The molecule has 0 saturated carbocycles. The highest BCUT2D eigenvalue weighted by atomic mass is 16.1. The molecule has 3 aromatic rings. The molecule has 3 rings (SSSR count). The van der Waals surface area contributed by atoms with Gasteiger partial charge in [0.15, 0.2) is 0 Å². The zero-order chi connectivity index (χ0) is 13.9. The zero-order valence-corrected chi connectivity index (χ0v) is 11.3. The van der Waals surface area contributed by atoms with Crippen molar-refractivity contribution < 1.29 is 0 Å². The highest BCUT2D eigenvalue weighted by Crippen LogP contribution is 2.18. The maximum Gasteiger partial charge on any atom is 0.323 e. The molecular formula is C16H17N3O. The maximum absolute atomic E-state index is 11.2. The van der Waals surface area contributed by atoms with E-state index in [2.05, 4.69) is 46.5 Å². The fourth-order valence-electron chi connectivity index (χ4n) is 2.31. The summed E-state index contributed by atoms with van der Waals surface area (Å²) in [6.07, 6.45) is 0. The lowest BCUT2D eigenvalue weighted by Crippen LogP contribution is -2.09. The molecule has 0 fully saturated rings. The van der Waals surface area contributed by atoms with Gasteiger partial charge < -0.3 is 15.3 Å². The monoisotopic (exact) mass is 267 g/mol. The van der Waals surface area contributed by atoms with E-state index in [0.717, 1.165) is 23.3 Å². The van der Waals surface area contributed by atoms with E-state index in [1.165, 1.54) is 5.56 Å². The maximum atomic E-state index is 11.2. The van der Waals surface area contributed by atoms with Crippen molar-refractivity contribution >= 4 is 16.7 Å². The number of nitrogens with one attached hydrogen (secondary N) is 3. The van der Waals surface area contributed by atoms with Gasteiger partial charge in [-0.3, -0.25) is 0 Å². The van der Waals surface area contributed by atoms with Crippen LogP contribution in [0.4, 0.5) is 5.69 Å². The summed E-state index contributed by atoms with van der Waals surface area (Å²) in [5, 5.41) is 3.41. The van der Waals surface area contributed by atoms with Crippen LogP contribution in [-0.4, -0.2) is 16.5 Å². The Morgan fingerprint density at radius 1 is 1.05 bits per heavy atom. The van der Waals surface area contributed by atoms with E-state index >= 15 is 0 Å². The quantitative estimate of drug-likeness (QED) is 0.680. The fraction of sp³-hybridized carbons (Fsp3) is 0.188. The van der Waals surface area contributed by atoms with Gasteiger partial charge in [0.1, 0.15) is 0 Å². The summed E-state index contributed by atoms with van der Waals surface area (Å²) in [5.74, 6) is 0.428. The zero-order valence-electron chi connectivity index (χ0n) is 11.3. The topological polar surface area (TPSA) is 60.7 Å². The van der Waals surface area contributed by atoms with Gasteiger partial charge in [0, 0.05) is 12.2 Å². The van der Waals surface area contributed by atoms with E-state index in [1.807, 2.05) is 24.3 Å². The minimum atomic E-state index is -0.171. The Morgan fingerprint density at radius 3 is 2.60 bits per heavy atom. The predicted molar refractivity (Wildman–Crippen MR) is 82.3 cm³/mol. The minimum absolute atomic E-state index is 0.171. The molecule has 0 aliphatic heterocycles. The van der Waals surface area contributed by atoms with Crippen LogP contribution in [0.15, 0.2) is 53.3 Å². The van der Waals surface area contributed by atoms with Crippen LogP contribution < -0.4 is 11.0 Å². The Morgan fingerprint density at radius 2 is 1.80 bits per heavy atom. The molecule has 1 heterocycles. The molecule has 1 unspecified atom stereocenters. The van der Waals surface area contributed by atoms with E-state index in [4.69, 9.17) is 0 Å². The van der Waals surface area contributed by atoms with E-state index in [1.54, 1.807) is 0 Å². The molecule has 3 N–H and O–H groups in total. The van der Waals surface area contributed by atoms with Gasteiger partial charge in [-0.2, -0.15) is 0 Å². The molecule has 1 aromatic heterocycles. The second-order valence-electron chi connectivity index (χ2n) is 5.03. The first-order valence-electron chi connectivity index (χ1n) is 6.73. The lowest BCUT2D eigenvalue weighted by atomic mass is 10.0. The van der Waals surface area contributed by atoms with Crippen LogP contribution in [0.25, 0.3) is 11.0 Å². The third kappa shape index (κ3) is 2.59. The Balaban J connectivity index is 1.72. The SMILES string of the molecule is CC(CNc1ccc2[nH]c(=O)[nH]c2c1)c1ccccc1. The first-order valence-corrected chi connectivity index (χ1v) is 6.73. The second-order valence-corrected chi connectivity index (χ2v) is 5.03. The van der Waals surface area contributed by atoms with E-state index in [0.29, 0.717) is 5.92 Å². The minimum Gasteiger partial charge on any atom is -0.384 e. The Bertz CT molecular complexity index is 758. The van der Waals surface area contributed by atoms with Crippen molar-refractivity contribution in [2.24, 2.45) is 0 Å². The Hall–Kier alpha value is -2.49. The van der Waals surface area contributed by atoms with Crippen molar-refractivity contribution in [1.82, 2.24) is 9.97 Å². The number of fused-ring (bicyclic) bond motifs is 1.